The van der Waals surface area contributed by atoms with Crippen LogP contribution in [0.3, 0.4) is 0 Å². The van der Waals surface area contributed by atoms with Crippen LogP contribution >= 0.6 is 11.8 Å². The highest BCUT2D eigenvalue weighted by atomic mass is 32.2. The zero-order chi connectivity index (χ0) is 18.1. The Morgan fingerprint density at radius 2 is 1.65 bits per heavy atom. The number of nitrogens with zero attached hydrogens (tertiary/aromatic N) is 1. The maximum Gasteiger partial charge on any atom is 0.123 e. The van der Waals surface area contributed by atoms with E-state index >= 15 is 0 Å². The van der Waals surface area contributed by atoms with Crippen LogP contribution in [0, 0.1) is 17.7 Å². The van der Waals surface area contributed by atoms with Crippen LogP contribution in [0.15, 0.2) is 53.4 Å². The molecule has 1 aliphatic heterocycles. The molecule has 0 bridgehead atoms. The molecule has 1 aliphatic carbocycles. The van der Waals surface area contributed by atoms with Crippen LogP contribution in [0.1, 0.15) is 31.2 Å². The minimum Gasteiger partial charge on any atom is -0.508 e. The topological polar surface area (TPSA) is 23.5 Å². The summed E-state index contributed by atoms with van der Waals surface area (Å²) in [4.78, 5) is 3.81. The van der Waals surface area contributed by atoms with E-state index < -0.39 is 0 Å². The summed E-state index contributed by atoms with van der Waals surface area (Å²) in [6, 6.07) is 14.6. The molecular weight excluding hydrogens is 345 g/mol. The molecule has 2 aromatic carbocycles. The van der Waals surface area contributed by atoms with Crippen molar-refractivity contribution in [3.05, 3.63) is 59.9 Å². The van der Waals surface area contributed by atoms with Crippen molar-refractivity contribution in [2.75, 3.05) is 19.6 Å². The quantitative estimate of drug-likeness (QED) is 0.787. The van der Waals surface area contributed by atoms with Crippen LogP contribution in [0.4, 0.5) is 4.39 Å². The summed E-state index contributed by atoms with van der Waals surface area (Å²) in [5, 5.41) is 10.1. The van der Waals surface area contributed by atoms with Gasteiger partial charge in [0.1, 0.15) is 11.6 Å². The fourth-order valence-electron chi connectivity index (χ4n) is 4.59. The number of phenols is 1. The van der Waals surface area contributed by atoms with E-state index in [0.29, 0.717) is 16.9 Å². The molecule has 0 amide bonds. The number of aromatic hydroxyl groups is 1. The van der Waals surface area contributed by atoms with Crippen molar-refractivity contribution in [2.24, 2.45) is 11.8 Å². The fraction of sp³-hybridized carbons (Fsp3) is 0.455. The molecule has 1 N–H and O–H groups in total. The third-order valence-electron chi connectivity index (χ3n) is 5.89. The van der Waals surface area contributed by atoms with Gasteiger partial charge in [0.25, 0.3) is 0 Å². The summed E-state index contributed by atoms with van der Waals surface area (Å²) in [5.41, 5.74) is 1.30. The van der Waals surface area contributed by atoms with Gasteiger partial charge in [0.05, 0.1) is 0 Å². The van der Waals surface area contributed by atoms with E-state index in [1.165, 1.54) is 36.4 Å². The molecule has 138 valence electrons. The normalized spacial score (nSPS) is 26.8. The van der Waals surface area contributed by atoms with Gasteiger partial charge in [0.2, 0.25) is 0 Å². The van der Waals surface area contributed by atoms with Crippen LogP contribution in [0.2, 0.25) is 0 Å². The molecular formula is C22H26FNOS. The van der Waals surface area contributed by atoms with Crippen LogP contribution in [-0.2, 0) is 0 Å². The molecule has 1 heterocycles. The predicted octanol–water partition coefficient (Wildman–Crippen LogP) is 5.14. The second kappa shape index (κ2) is 7.61. The SMILES string of the molecule is CC(CN1C[C@H]2CC(Sc3ccc(F)cc3)C[C@H]2C1)c1ccc(O)cc1. The Morgan fingerprint density at radius 1 is 1.04 bits per heavy atom. The lowest BCUT2D eigenvalue weighted by Crippen LogP contribution is -2.27. The highest BCUT2D eigenvalue weighted by Gasteiger charge is 2.41. The number of fused-ring (bicyclic) bond motifs is 1. The van der Waals surface area contributed by atoms with Crippen molar-refractivity contribution in [3.8, 4) is 5.75 Å². The van der Waals surface area contributed by atoms with Crippen molar-refractivity contribution in [1.82, 2.24) is 4.90 Å². The number of phenolic OH excluding ortho intramolecular Hbond substituents is 1. The van der Waals surface area contributed by atoms with Crippen molar-refractivity contribution < 1.29 is 9.50 Å². The molecule has 0 aromatic heterocycles. The molecule has 1 saturated heterocycles. The first kappa shape index (κ1) is 17.9. The zero-order valence-corrected chi connectivity index (χ0v) is 16.0. The number of hydrogen-bond acceptors (Lipinski definition) is 3. The Labute approximate surface area is 159 Å². The zero-order valence-electron chi connectivity index (χ0n) is 15.1. The van der Waals surface area contributed by atoms with Gasteiger partial charge >= 0.3 is 0 Å². The smallest absolute Gasteiger partial charge is 0.123 e. The second-order valence-electron chi connectivity index (χ2n) is 7.90. The molecule has 0 spiro atoms. The van der Waals surface area contributed by atoms with Gasteiger partial charge in [0.15, 0.2) is 0 Å². The van der Waals surface area contributed by atoms with E-state index in [1.54, 1.807) is 24.3 Å². The van der Waals surface area contributed by atoms with Crippen molar-refractivity contribution >= 4 is 11.8 Å². The fourth-order valence-corrected chi connectivity index (χ4v) is 5.95. The summed E-state index contributed by atoms with van der Waals surface area (Å²) in [5.74, 6) is 2.27. The number of benzene rings is 2. The molecule has 1 saturated carbocycles. The van der Waals surface area contributed by atoms with Crippen LogP contribution in [-0.4, -0.2) is 34.9 Å². The summed E-state index contributed by atoms with van der Waals surface area (Å²) >= 11 is 1.92. The molecule has 2 aliphatic rings. The lowest BCUT2D eigenvalue weighted by atomic mass is 10.0. The molecule has 26 heavy (non-hydrogen) atoms. The Morgan fingerprint density at radius 3 is 2.27 bits per heavy atom. The van der Waals surface area contributed by atoms with Gasteiger partial charge in [-0.2, -0.15) is 0 Å². The third kappa shape index (κ3) is 4.07. The van der Waals surface area contributed by atoms with E-state index in [1.807, 2.05) is 36.0 Å². The van der Waals surface area contributed by atoms with Gasteiger partial charge in [-0.1, -0.05) is 19.1 Å². The maximum absolute atomic E-state index is 13.1. The van der Waals surface area contributed by atoms with Crippen LogP contribution < -0.4 is 0 Å². The molecule has 4 heteroatoms. The Kier molecular flexibility index (Phi) is 5.23. The van der Waals surface area contributed by atoms with E-state index in [9.17, 15) is 9.50 Å². The number of hydrogen-bond donors (Lipinski definition) is 1. The molecule has 2 fully saturated rings. The summed E-state index contributed by atoms with van der Waals surface area (Å²) < 4.78 is 13.1. The van der Waals surface area contributed by atoms with Crippen molar-refractivity contribution in [2.45, 2.75) is 35.8 Å². The summed E-state index contributed by atoms with van der Waals surface area (Å²) in [6.07, 6.45) is 2.55. The molecule has 2 unspecified atom stereocenters. The van der Waals surface area contributed by atoms with E-state index in [-0.39, 0.29) is 5.82 Å². The van der Waals surface area contributed by atoms with Gasteiger partial charge in [-0.25, -0.2) is 4.39 Å². The van der Waals surface area contributed by atoms with E-state index in [2.05, 4.69) is 11.8 Å². The minimum atomic E-state index is -0.156. The monoisotopic (exact) mass is 371 g/mol. The molecule has 2 nitrogen and oxygen atoms in total. The standard InChI is InChI=1S/C22H26FNOS/c1-15(16-2-6-20(25)7-3-16)12-24-13-17-10-22(11-18(17)14-24)26-21-8-4-19(23)5-9-21/h2-9,15,17-18,22,25H,10-14H2,1H3/t15?,17-,18+,22?. The highest BCUT2D eigenvalue weighted by molar-refractivity contribution is 8.00. The summed E-state index contributed by atoms with van der Waals surface area (Å²) in [6.45, 7) is 5.77. The van der Waals surface area contributed by atoms with Crippen LogP contribution in [0.25, 0.3) is 0 Å². The number of rotatable bonds is 5. The Balaban J connectivity index is 1.28. The molecule has 2 aromatic rings. The van der Waals surface area contributed by atoms with Crippen molar-refractivity contribution in [3.63, 3.8) is 0 Å². The lowest BCUT2D eigenvalue weighted by Gasteiger charge is -2.23. The van der Waals surface area contributed by atoms with E-state index in [4.69, 9.17) is 0 Å². The van der Waals surface area contributed by atoms with Crippen LogP contribution in [0.5, 0.6) is 5.75 Å². The average Bonchev–Trinajstić information content (AvgIpc) is 3.15. The largest absolute Gasteiger partial charge is 0.508 e. The third-order valence-corrected chi connectivity index (χ3v) is 7.16. The second-order valence-corrected chi connectivity index (χ2v) is 9.27. The van der Waals surface area contributed by atoms with Crippen molar-refractivity contribution in [1.29, 1.82) is 0 Å². The maximum atomic E-state index is 13.1. The van der Waals surface area contributed by atoms with Gasteiger partial charge in [0, 0.05) is 29.8 Å². The Bertz CT molecular complexity index is 719. The first-order valence-corrected chi connectivity index (χ1v) is 10.4. The number of halogens is 1. The summed E-state index contributed by atoms with van der Waals surface area (Å²) in [7, 11) is 0. The predicted molar refractivity (Wildman–Crippen MR) is 105 cm³/mol. The van der Waals surface area contributed by atoms with Gasteiger partial charge in [-0.15, -0.1) is 11.8 Å². The molecule has 4 atom stereocenters. The first-order chi connectivity index (χ1) is 12.6. The number of likely N-dealkylation sites (tertiary alicyclic amines) is 1. The van der Waals surface area contributed by atoms with Gasteiger partial charge < -0.3 is 10.0 Å². The van der Waals surface area contributed by atoms with Gasteiger partial charge in [-0.05, 0) is 72.6 Å². The molecule has 0 radical (unpaired) electrons. The lowest BCUT2D eigenvalue weighted by molar-refractivity contribution is 0.296. The minimum absolute atomic E-state index is 0.156. The number of thioether (sulfide) groups is 1. The molecule has 4 rings (SSSR count). The van der Waals surface area contributed by atoms with Gasteiger partial charge in [-0.3, -0.25) is 0 Å². The average molecular weight is 372 g/mol. The highest BCUT2D eigenvalue weighted by Crippen LogP contribution is 2.45. The van der Waals surface area contributed by atoms with E-state index in [0.717, 1.165) is 18.4 Å². The Hall–Kier alpha value is -1.52. The first-order valence-electron chi connectivity index (χ1n) is 9.50.